The molecule has 0 saturated heterocycles. The van der Waals surface area contributed by atoms with Crippen molar-refractivity contribution in [2.45, 2.75) is 23.6 Å². The van der Waals surface area contributed by atoms with Gasteiger partial charge in [-0.05, 0) is 23.8 Å². The first kappa shape index (κ1) is 15.4. The lowest BCUT2D eigenvalue weighted by atomic mass is 10.0. The molecule has 0 saturated carbocycles. The highest BCUT2D eigenvalue weighted by Crippen LogP contribution is 2.36. The number of alkyl halides is 8. The molecule has 0 unspecified atom stereocenters. The van der Waals surface area contributed by atoms with Crippen molar-refractivity contribution < 1.29 is 26.3 Å². The van der Waals surface area contributed by atoms with Crippen molar-refractivity contribution in [1.82, 2.24) is 0 Å². The van der Waals surface area contributed by atoms with Crippen molar-refractivity contribution in [1.29, 1.82) is 0 Å². The highest BCUT2D eigenvalue weighted by molar-refractivity contribution is 6.44. The van der Waals surface area contributed by atoms with Crippen LogP contribution in [-0.2, 0) is 18.8 Å². The van der Waals surface area contributed by atoms with Gasteiger partial charge in [-0.2, -0.15) is 26.3 Å². The molecule has 1 rings (SSSR count). The Hall–Kier alpha value is -0.620. The Balaban J connectivity index is 3.29. The van der Waals surface area contributed by atoms with Crippen molar-refractivity contribution in [2.75, 3.05) is 0 Å². The first-order valence-electron chi connectivity index (χ1n) is 4.56. The fourth-order valence-corrected chi connectivity index (χ4v) is 1.67. The van der Waals surface area contributed by atoms with E-state index in [0.717, 1.165) is 0 Å². The molecule has 0 aliphatic carbocycles. The van der Waals surface area contributed by atoms with E-state index >= 15 is 0 Å². The number of halogens is 8. The maximum Gasteiger partial charge on any atom is 0.416 e. The predicted molar refractivity (Wildman–Crippen MR) is 55.6 cm³/mol. The second kappa shape index (κ2) is 5.17. The summed E-state index contributed by atoms with van der Waals surface area (Å²) in [6, 6.07) is 1.26. The summed E-state index contributed by atoms with van der Waals surface area (Å²) < 4.78 is 74.6. The molecule has 0 aliphatic rings. The lowest BCUT2D eigenvalue weighted by Gasteiger charge is -2.14. The molecule has 0 radical (unpaired) electrons. The van der Waals surface area contributed by atoms with E-state index in [1.807, 2.05) is 0 Å². The van der Waals surface area contributed by atoms with Gasteiger partial charge in [0.2, 0.25) is 0 Å². The maximum atomic E-state index is 12.4. The maximum absolute atomic E-state index is 12.4. The lowest BCUT2D eigenvalue weighted by molar-refractivity contribution is -0.143. The van der Waals surface area contributed by atoms with Crippen LogP contribution in [0.4, 0.5) is 26.3 Å². The van der Waals surface area contributed by atoms with Gasteiger partial charge in [-0.25, -0.2) is 0 Å². The summed E-state index contributed by atoms with van der Waals surface area (Å²) in [5.41, 5.74) is -2.96. The number of benzene rings is 1. The molecule has 0 heterocycles. The molecule has 8 heteroatoms. The van der Waals surface area contributed by atoms with E-state index in [4.69, 9.17) is 23.2 Å². The smallest absolute Gasteiger partial charge is 0.166 e. The highest BCUT2D eigenvalue weighted by Gasteiger charge is 2.36. The van der Waals surface area contributed by atoms with Crippen LogP contribution in [-0.4, -0.2) is 4.84 Å². The molecule has 1 aromatic rings. The zero-order valence-electron chi connectivity index (χ0n) is 8.54. The standard InChI is InChI=1S/C10H6Cl2F6/c11-8(12)3-5-1-6(9(13,14)15)4-7(2-5)10(16,17)18/h1-2,4,8H,3H2. The Morgan fingerprint density at radius 3 is 1.50 bits per heavy atom. The highest BCUT2D eigenvalue weighted by atomic mass is 35.5. The predicted octanol–water partition coefficient (Wildman–Crippen LogP) is 5.07. The summed E-state index contributed by atoms with van der Waals surface area (Å²) >= 11 is 10.7. The molecule has 0 atom stereocenters. The zero-order chi connectivity index (χ0) is 14.1. The average molecular weight is 311 g/mol. The summed E-state index contributed by atoms with van der Waals surface area (Å²) in [5, 5.41) is 0. The Kier molecular flexibility index (Phi) is 4.43. The minimum Gasteiger partial charge on any atom is -0.166 e. The molecule has 0 amide bonds. The number of hydrogen-bond acceptors (Lipinski definition) is 0. The third-order valence-electron chi connectivity index (χ3n) is 2.04. The molecule has 0 N–H and O–H groups in total. The van der Waals surface area contributed by atoms with E-state index in [1.54, 1.807) is 0 Å². The minimum absolute atomic E-state index is 0.0565. The van der Waals surface area contributed by atoms with Gasteiger partial charge < -0.3 is 0 Å². The van der Waals surface area contributed by atoms with Crippen molar-refractivity contribution >= 4 is 23.2 Å². The Morgan fingerprint density at radius 2 is 1.22 bits per heavy atom. The lowest BCUT2D eigenvalue weighted by Crippen LogP contribution is -2.12. The number of rotatable bonds is 2. The summed E-state index contributed by atoms with van der Waals surface area (Å²) in [7, 11) is 0. The van der Waals surface area contributed by atoms with Crippen molar-refractivity contribution in [2.24, 2.45) is 0 Å². The third kappa shape index (κ3) is 4.24. The second-order valence-electron chi connectivity index (χ2n) is 3.51. The quantitative estimate of drug-likeness (QED) is 0.528. The molecule has 0 fully saturated rings. The SMILES string of the molecule is FC(F)(F)c1cc(CC(Cl)Cl)cc(C(F)(F)F)c1. The molecule has 102 valence electrons. The van der Waals surface area contributed by atoms with Crippen molar-refractivity contribution in [3.05, 3.63) is 34.9 Å². The second-order valence-corrected chi connectivity index (χ2v) is 4.79. The molecule has 0 bridgehead atoms. The van der Waals surface area contributed by atoms with Crippen LogP contribution in [0.15, 0.2) is 18.2 Å². The largest absolute Gasteiger partial charge is 0.416 e. The van der Waals surface area contributed by atoms with Crippen LogP contribution in [0, 0.1) is 0 Å². The molecular formula is C10H6Cl2F6. The zero-order valence-corrected chi connectivity index (χ0v) is 10.1. The van der Waals surface area contributed by atoms with Gasteiger partial charge in [0.1, 0.15) is 4.84 Å². The van der Waals surface area contributed by atoms with E-state index < -0.39 is 28.3 Å². The monoisotopic (exact) mass is 310 g/mol. The first-order chi connectivity index (χ1) is 8.00. The molecule has 0 aliphatic heterocycles. The van der Waals surface area contributed by atoms with Crippen LogP contribution < -0.4 is 0 Å². The molecule has 0 aromatic heterocycles. The Morgan fingerprint density at radius 1 is 0.833 bits per heavy atom. The van der Waals surface area contributed by atoms with E-state index in [2.05, 4.69) is 0 Å². The molecule has 0 spiro atoms. The first-order valence-corrected chi connectivity index (χ1v) is 5.44. The van der Waals surface area contributed by atoms with Gasteiger partial charge in [0.25, 0.3) is 0 Å². The van der Waals surface area contributed by atoms with Crippen LogP contribution >= 0.6 is 23.2 Å². The van der Waals surface area contributed by atoms with Gasteiger partial charge in [-0.1, -0.05) is 0 Å². The van der Waals surface area contributed by atoms with E-state index in [1.165, 1.54) is 0 Å². The normalized spacial score (nSPS) is 13.2. The average Bonchev–Trinajstić information content (AvgIpc) is 2.13. The Bertz CT molecular complexity index is 389. The fourth-order valence-electron chi connectivity index (χ4n) is 1.32. The minimum atomic E-state index is -4.86. The van der Waals surface area contributed by atoms with Crippen LogP contribution in [0.1, 0.15) is 16.7 Å². The molecular weight excluding hydrogens is 305 g/mol. The summed E-state index contributed by atoms with van der Waals surface area (Å²) in [6.45, 7) is 0. The number of hydrogen-bond donors (Lipinski definition) is 0. The fraction of sp³-hybridized carbons (Fsp3) is 0.400. The summed E-state index contributed by atoms with van der Waals surface area (Å²) in [5.74, 6) is 0. The van der Waals surface area contributed by atoms with Gasteiger partial charge in [0, 0.05) is 6.42 Å². The third-order valence-corrected chi connectivity index (χ3v) is 2.35. The van der Waals surface area contributed by atoms with Gasteiger partial charge in [0.05, 0.1) is 11.1 Å². The summed E-state index contributed by atoms with van der Waals surface area (Å²) in [4.78, 5) is -1.07. The van der Waals surface area contributed by atoms with Gasteiger partial charge in [-0.15, -0.1) is 23.2 Å². The molecule has 1 aromatic carbocycles. The molecule has 0 nitrogen and oxygen atoms in total. The van der Waals surface area contributed by atoms with Crippen molar-refractivity contribution in [3.8, 4) is 0 Å². The van der Waals surface area contributed by atoms with E-state index in [9.17, 15) is 26.3 Å². The van der Waals surface area contributed by atoms with Crippen LogP contribution in [0.25, 0.3) is 0 Å². The van der Waals surface area contributed by atoms with Gasteiger partial charge in [-0.3, -0.25) is 0 Å². The van der Waals surface area contributed by atoms with Crippen molar-refractivity contribution in [3.63, 3.8) is 0 Å². The Labute approximate surface area is 108 Å². The van der Waals surface area contributed by atoms with Crippen LogP contribution in [0.3, 0.4) is 0 Å². The molecule has 18 heavy (non-hydrogen) atoms. The topological polar surface area (TPSA) is 0 Å². The van der Waals surface area contributed by atoms with Crippen LogP contribution in [0.2, 0.25) is 0 Å². The van der Waals surface area contributed by atoms with E-state index in [0.29, 0.717) is 12.1 Å². The summed E-state index contributed by atoms with van der Waals surface area (Å²) in [6.07, 6.45) is -10.0. The van der Waals surface area contributed by atoms with Crippen LogP contribution in [0.5, 0.6) is 0 Å². The van der Waals surface area contributed by atoms with Gasteiger partial charge >= 0.3 is 12.4 Å². The van der Waals surface area contributed by atoms with Gasteiger partial charge in [0.15, 0.2) is 0 Å². The van der Waals surface area contributed by atoms with E-state index in [-0.39, 0.29) is 18.1 Å².